The largest absolute Gasteiger partial charge is 0.492 e. The fourth-order valence-corrected chi connectivity index (χ4v) is 5.08. The van der Waals surface area contributed by atoms with Crippen molar-refractivity contribution in [3.05, 3.63) is 95.0 Å². The van der Waals surface area contributed by atoms with E-state index in [0.29, 0.717) is 5.69 Å². The lowest BCUT2D eigenvalue weighted by Crippen LogP contribution is -2.41. The Morgan fingerprint density at radius 1 is 1.00 bits per heavy atom. The van der Waals surface area contributed by atoms with Crippen molar-refractivity contribution >= 4 is 42.4 Å². The summed E-state index contributed by atoms with van der Waals surface area (Å²) >= 11 is 4.75. The number of hydrogen-bond acceptors (Lipinski definition) is 6. The zero-order chi connectivity index (χ0) is 27.6. The van der Waals surface area contributed by atoms with Gasteiger partial charge >= 0.3 is 13.2 Å². The van der Waals surface area contributed by atoms with Crippen LogP contribution in [0.4, 0.5) is 10.5 Å². The first kappa shape index (κ1) is 27.0. The summed E-state index contributed by atoms with van der Waals surface area (Å²) in [7, 11) is -0.637. The van der Waals surface area contributed by atoms with Crippen molar-refractivity contribution in [1.82, 2.24) is 5.32 Å². The molecule has 1 heterocycles. The lowest BCUT2D eigenvalue weighted by Gasteiger charge is -2.32. The van der Waals surface area contributed by atoms with Crippen LogP contribution in [-0.4, -0.2) is 42.7 Å². The van der Waals surface area contributed by atoms with Gasteiger partial charge in [0.2, 0.25) is 0 Å². The molecular formula is C31H31BN2O4S. The van der Waals surface area contributed by atoms with Crippen molar-refractivity contribution in [3.63, 3.8) is 0 Å². The maximum Gasteiger partial charge on any atom is 0.492 e. The second-order valence-electron chi connectivity index (χ2n) is 10.8. The Bertz CT molecular complexity index is 1420. The highest BCUT2D eigenvalue weighted by atomic mass is 32.1. The van der Waals surface area contributed by atoms with Crippen LogP contribution in [0.2, 0.25) is 0 Å². The summed E-state index contributed by atoms with van der Waals surface area (Å²) in [5, 5.41) is 5.30. The molecule has 3 aromatic carbocycles. The van der Waals surface area contributed by atoms with Crippen molar-refractivity contribution in [3.8, 4) is 11.1 Å². The number of benzene rings is 3. The number of amides is 1. The second-order valence-corrected chi connectivity index (χ2v) is 11.0. The number of ether oxygens (including phenoxy) is 1. The quantitative estimate of drug-likeness (QED) is 0.200. The molecule has 0 spiro atoms. The summed E-state index contributed by atoms with van der Waals surface area (Å²) in [4.78, 5) is 17.0. The number of isothiocyanates is 1. The third-order valence-corrected chi connectivity index (χ3v) is 7.82. The van der Waals surface area contributed by atoms with Crippen molar-refractivity contribution < 1.29 is 18.8 Å². The summed E-state index contributed by atoms with van der Waals surface area (Å²) in [6.45, 7) is 8.43. The first-order valence-corrected chi connectivity index (χ1v) is 13.4. The van der Waals surface area contributed by atoms with Crippen LogP contribution in [0.15, 0.2) is 83.3 Å². The zero-order valence-corrected chi connectivity index (χ0v) is 23.4. The number of thiocarbonyl (C=S) groups is 1. The molecule has 1 aliphatic heterocycles. The molecular weight excluding hydrogens is 507 g/mol. The highest BCUT2D eigenvalue weighted by Gasteiger charge is 2.52. The number of carbonyl (C=O) groups excluding carboxylic acids is 1. The third-order valence-electron chi connectivity index (χ3n) is 7.73. The number of nitrogens with one attached hydrogen (secondary N) is 1. The molecule has 6 nitrogen and oxygen atoms in total. The topological polar surface area (TPSA) is 69.2 Å². The van der Waals surface area contributed by atoms with Crippen LogP contribution in [0.1, 0.15) is 50.3 Å². The smallest absolute Gasteiger partial charge is 0.449 e. The van der Waals surface area contributed by atoms with E-state index in [1.807, 2.05) is 82.3 Å². The van der Waals surface area contributed by atoms with E-state index in [-0.39, 0.29) is 19.1 Å². The predicted octanol–water partition coefficient (Wildman–Crippen LogP) is 6.97. The van der Waals surface area contributed by atoms with E-state index in [0.717, 1.165) is 11.0 Å². The summed E-state index contributed by atoms with van der Waals surface area (Å²) < 4.78 is 18.3. The predicted molar refractivity (Wildman–Crippen MR) is 158 cm³/mol. The van der Waals surface area contributed by atoms with E-state index in [1.165, 1.54) is 22.3 Å². The molecule has 8 heteroatoms. The Kier molecular flexibility index (Phi) is 7.56. The summed E-state index contributed by atoms with van der Waals surface area (Å²) in [5.74, 6) is -0.00857. The summed E-state index contributed by atoms with van der Waals surface area (Å²) in [5.41, 5.74) is 5.99. The average molecular weight is 538 g/mol. The van der Waals surface area contributed by atoms with E-state index >= 15 is 0 Å². The summed E-state index contributed by atoms with van der Waals surface area (Å²) in [6.07, 6.45) is 1.44. The van der Waals surface area contributed by atoms with E-state index < -0.39 is 24.4 Å². The normalized spacial score (nSPS) is 17.2. The fraction of sp³-hybridized carbons (Fsp3) is 0.290. The molecule has 0 aromatic heterocycles. The minimum absolute atomic E-state index is 0.00857. The molecule has 0 saturated carbocycles. The average Bonchev–Trinajstić information content (AvgIpc) is 3.34. The Labute approximate surface area is 235 Å². The molecule has 0 unspecified atom stereocenters. The highest BCUT2D eigenvalue weighted by molar-refractivity contribution is 7.78. The van der Waals surface area contributed by atoms with Gasteiger partial charge in [0.15, 0.2) is 0 Å². The van der Waals surface area contributed by atoms with Gasteiger partial charge in [0.1, 0.15) is 6.61 Å². The fourth-order valence-electron chi connectivity index (χ4n) is 4.97. The van der Waals surface area contributed by atoms with Crippen LogP contribution in [0.25, 0.3) is 17.2 Å². The standard InChI is InChI=1S/C31H31BN2O4S/c1-30(2)31(3,4)38-32(37-30)22(16-21-10-9-11-23(17-21)34-20-39)18-33-29(35)36-19-28-26-14-7-5-12-24(26)25-13-6-8-15-27(25)28/h5-17,28H,18-19H2,1-4H3,(H,33,35). The summed E-state index contributed by atoms with van der Waals surface area (Å²) in [6, 6.07) is 24.1. The van der Waals surface area contributed by atoms with Gasteiger partial charge in [0.25, 0.3) is 0 Å². The first-order valence-electron chi connectivity index (χ1n) is 13.0. The van der Waals surface area contributed by atoms with Gasteiger partial charge in [-0.3, -0.25) is 0 Å². The molecule has 1 saturated heterocycles. The SMILES string of the molecule is CC1(C)OB(C(=Cc2cccc(N=C=S)c2)CNC(=O)OCC2c3ccccc3-c3ccccc32)OC1(C)C. The molecule has 1 N–H and O–H groups in total. The van der Waals surface area contributed by atoms with Gasteiger partial charge < -0.3 is 19.4 Å². The molecule has 3 aromatic rings. The number of aliphatic imine (C=N–C) groups is 1. The Hall–Kier alpha value is -3.55. The number of alkyl carbamates (subject to hydrolysis) is 1. The number of fused-ring (bicyclic) bond motifs is 3. The van der Waals surface area contributed by atoms with Crippen LogP contribution in [-0.2, 0) is 14.0 Å². The highest BCUT2D eigenvalue weighted by Crippen LogP contribution is 2.44. The lowest BCUT2D eigenvalue weighted by atomic mass is 9.77. The van der Waals surface area contributed by atoms with Gasteiger partial charge in [0, 0.05) is 12.5 Å². The Balaban J connectivity index is 1.31. The molecule has 2 aliphatic rings. The van der Waals surface area contributed by atoms with Gasteiger partial charge in [-0.1, -0.05) is 66.7 Å². The van der Waals surface area contributed by atoms with Crippen molar-refractivity contribution in [2.45, 2.75) is 44.8 Å². The van der Waals surface area contributed by atoms with E-state index in [2.05, 4.69) is 39.7 Å². The molecule has 5 rings (SSSR count). The minimum atomic E-state index is -0.637. The molecule has 39 heavy (non-hydrogen) atoms. The van der Waals surface area contributed by atoms with Gasteiger partial charge in [-0.05, 0) is 85.3 Å². The van der Waals surface area contributed by atoms with Gasteiger partial charge in [-0.25, -0.2) is 4.79 Å². The van der Waals surface area contributed by atoms with Crippen LogP contribution < -0.4 is 5.32 Å². The molecule has 0 atom stereocenters. The maximum atomic E-state index is 12.9. The zero-order valence-electron chi connectivity index (χ0n) is 22.6. The Morgan fingerprint density at radius 2 is 1.62 bits per heavy atom. The first-order chi connectivity index (χ1) is 18.7. The molecule has 1 fully saturated rings. The van der Waals surface area contributed by atoms with Crippen molar-refractivity contribution in [1.29, 1.82) is 0 Å². The molecule has 0 bridgehead atoms. The van der Waals surface area contributed by atoms with Crippen LogP contribution in [0.3, 0.4) is 0 Å². The number of hydrogen-bond donors (Lipinski definition) is 1. The van der Waals surface area contributed by atoms with Crippen molar-refractivity contribution in [2.75, 3.05) is 13.2 Å². The number of rotatable bonds is 7. The number of carbonyl (C=O) groups is 1. The molecule has 0 radical (unpaired) electrons. The molecule has 1 amide bonds. The van der Waals surface area contributed by atoms with Crippen LogP contribution in [0, 0.1) is 0 Å². The van der Waals surface area contributed by atoms with Gasteiger partial charge in [-0.2, -0.15) is 4.99 Å². The van der Waals surface area contributed by atoms with Gasteiger partial charge in [-0.15, -0.1) is 0 Å². The van der Waals surface area contributed by atoms with Gasteiger partial charge in [0.05, 0.1) is 22.1 Å². The molecule has 198 valence electrons. The molecule has 1 aliphatic carbocycles. The maximum absolute atomic E-state index is 12.9. The second kappa shape index (κ2) is 10.9. The van der Waals surface area contributed by atoms with E-state index in [4.69, 9.17) is 26.3 Å². The lowest BCUT2D eigenvalue weighted by molar-refractivity contribution is 0.00578. The monoisotopic (exact) mass is 538 g/mol. The third kappa shape index (κ3) is 5.61. The van der Waals surface area contributed by atoms with E-state index in [9.17, 15) is 4.79 Å². The Morgan fingerprint density at radius 3 is 2.23 bits per heavy atom. The van der Waals surface area contributed by atoms with Crippen LogP contribution >= 0.6 is 12.2 Å². The minimum Gasteiger partial charge on any atom is -0.449 e. The number of nitrogens with zero attached hydrogens (tertiary/aromatic N) is 1. The van der Waals surface area contributed by atoms with E-state index in [1.54, 1.807) is 0 Å². The van der Waals surface area contributed by atoms with Crippen LogP contribution in [0.5, 0.6) is 0 Å². The van der Waals surface area contributed by atoms with Crippen molar-refractivity contribution in [2.24, 2.45) is 4.99 Å².